The van der Waals surface area contributed by atoms with E-state index in [2.05, 4.69) is 20.9 Å². The molecule has 1 heterocycles. The third kappa shape index (κ3) is 6.94. The van der Waals surface area contributed by atoms with Gasteiger partial charge >= 0.3 is 0 Å². The normalized spacial score (nSPS) is 16.7. The van der Waals surface area contributed by atoms with Gasteiger partial charge in [0.25, 0.3) is 0 Å². The average molecular weight is 466 g/mol. The number of nitrogens with one attached hydrogen (secondary N) is 3. The number of nitrogens with zero attached hydrogens (tertiary/aromatic N) is 1. The van der Waals surface area contributed by atoms with Crippen molar-refractivity contribution >= 4 is 47.2 Å². The second kappa shape index (κ2) is 10.2. The van der Waals surface area contributed by atoms with Gasteiger partial charge in [-0.15, -0.1) is 24.0 Å². The first-order chi connectivity index (χ1) is 11.0. The molecule has 1 saturated carbocycles. The van der Waals surface area contributed by atoms with Gasteiger partial charge in [0.2, 0.25) is 5.91 Å². The highest BCUT2D eigenvalue weighted by molar-refractivity contribution is 14.0. The van der Waals surface area contributed by atoms with Crippen LogP contribution in [0.1, 0.15) is 32.3 Å². The number of carbonyl (C=O) groups is 1. The highest BCUT2D eigenvalue weighted by Crippen LogP contribution is 2.28. The predicted octanol–water partition coefficient (Wildman–Crippen LogP) is 1.65. The van der Waals surface area contributed by atoms with Gasteiger partial charge in [0.1, 0.15) is 5.60 Å². The number of hydrogen-bond acceptors (Lipinski definition) is 4. The SMILES string of the molecule is CCNC(=NCC(C)(O)c1ccsc1)NCCNC(=O)C1CC1.I. The molecular weight excluding hydrogens is 439 g/mol. The standard InChI is InChI=1S/C16H26N4O2S.HI/c1-3-17-15(19-8-7-18-14(21)12-4-5-12)20-11-16(2,22)13-6-9-23-10-13;/h6,9-10,12,22H,3-5,7-8,11H2,1-2H3,(H,18,21)(H2,17,19,20);1H. The molecule has 0 bridgehead atoms. The molecule has 1 amide bonds. The topological polar surface area (TPSA) is 85.8 Å². The highest BCUT2D eigenvalue weighted by atomic mass is 127. The third-order valence-electron chi connectivity index (χ3n) is 3.70. The quantitative estimate of drug-likeness (QED) is 0.203. The molecule has 0 spiro atoms. The summed E-state index contributed by atoms with van der Waals surface area (Å²) >= 11 is 1.56. The Kier molecular flexibility index (Phi) is 8.99. The molecule has 0 aromatic carbocycles. The number of rotatable bonds is 8. The molecule has 1 fully saturated rings. The zero-order chi connectivity index (χ0) is 16.7. The molecule has 1 aromatic heterocycles. The molecule has 24 heavy (non-hydrogen) atoms. The Labute approximate surface area is 164 Å². The van der Waals surface area contributed by atoms with Crippen molar-refractivity contribution in [3.05, 3.63) is 22.4 Å². The summed E-state index contributed by atoms with van der Waals surface area (Å²) in [4.78, 5) is 16.0. The van der Waals surface area contributed by atoms with E-state index in [9.17, 15) is 9.90 Å². The summed E-state index contributed by atoms with van der Waals surface area (Å²) in [7, 11) is 0. The molecule has 1 aliphatic carbocycles. The fourth-order valence-corrected chi connectivity index (χ4v) is 2.88. The van der Waals surface area contributed by atoms with Crippen molar-refractivity contribution in [2.24, 2.45) is 10.9 Å². The van der Waals surface area contributed by atoms with Gasteiger partial charge in [-0.25, -0.2) is 4.99 Å². The van der Waals surface area contributed by atoms with Gasteiger partial charge in [-0.05, 0) is 49.1 Å². The van der Waals surface area contributed by atoms with Crippen LogP contribution in [-0.2, 0) is 10.4 Å². The highest BCUT2D eigenvalue weighted by Gasteiger charge is 2.29. The maximum Gasteiger partial charge on any atom is 0.223 e. The van der Waals surface area contributed by atoms with Gasteiger partial charge in [-0.3, -0.25) is 4.79 Å². The Morgan fingerprint density at radius 3 is 2.67 bits per heavy atom. The monoisotopic (exact) mass is 466 g/mol. The molecule has 1 unspecified atom stereocenters. The molecule has 0 radical (unpaired) electrons. The number of carbonyl (C=O) groups excluding carboxylic acids is 1. The van der Waals surface area contributed by atoms with Crippen molar-refractivity contribution in [2.45, 2.75) is 32.3 Å². The smallest absolute Gasteiger partial charge is 0.223 e. The van der Waals surface area contributed by atoms with Crippen molar-refractivity contribution in [2.75, 3.05) is 26.2 Å². The Balaban J connectivity index is 0.00000288. The largest absolute Gasteiger partial charge is 0.383 e. The van der Waals surface area contributed by atoms with Gasteiger partial charge in [0.05, 0.1) is 6.54 Å². The van der Waals surface area contributed by atoms with Crippen LogP contribution in [0, 0.1) is 5.92 Å². The third-order valence-corrected chi connectivity index (χ3v) is 4.38. The van der Waals surface area contributed by atoms with E-state index < -0.39 is 5.60 Å². The summed E-state index contributed by atoms with van der Waals surface area (Å²) in [6, 6.07) is 1.91. The van der Waals surface area contributed by atoms with Crippen molar-refractivity contribution in [3.63, 3.8) is 0 Å². The van der Waals surface area contributed by atoms with Gasteiger partial charge < -0.3 is 21.1 Å². The second-order valence-electron chi connectivity index (χ2n) is 5.97. The molecule has 6 nitrogen and oxygen atoms in total. The van der Waals surface area contributed by atoms with Crippen LogP contribution >= 0.6 is 35.3 Å². The van der Waals surface area contributed by atoms with Crippen molar-refractivity contribution in [1.82, 2.24) is 16.0 Å². The lowest BCUT2D eigenvalue weighted by Gasteiger charge is -2.21. The molecule has 0 saturated heterocycles. The first kappa shape index (κ1) is 21.2. The minimum atomic E-state index is -0.984. The summed E-state index contributed by atoms with van der Waals surface area (Å²) in [6.07, 6.45) is 2.03. The zero-order valence-corrected chi connectivity index (χ0v) is 17.3. The van der Waals surface area contributed by atoms with Crippen LogP contribution in [0.4, 0.5) is 0 Å². The van der Waals surface area contributed by atoms with Crippen molar-refractivity contribution in [1.29, 1.82) is 0 Å². The average Bonchev–Trinajstić information content (AvgIpc) is 3.22. The molecule has 1 aromatic rings. The first-order valence-electron chi connectivity index (χ1n) is 8.08. The lowest BCUT2D eigenvalue weighted by Crippen LogP contribution is -2.42. The van der Waals surface area contributed by atoms with E-state index in [-0.39, 0.29) is 42.3 Å². The molecule has 136 valence electrons. The molecule has 8 heteroatoms. The Bertz CT molecular complexity index is 530. The fourth-order valence-electron chi connectivity index (χ4n) is 2.09. The first-order valence-corrected chi connectivity index (χ1v) is 9.02. The molecule has 0 aliphatic heterocycles. The zero-order valence-electron chi connectivity index (χ0n) is 14.2. The van der Waals surface area contributed by atoms with Crippen LogP contribution in [0.5, 0.6) is 0 Å². The van der Waals surface area contributed by atoms with E-state index in [0.717, 1.165) is 24.9 Å². The van der Waals surface area contributed by atoms with E-state index >= 15 is 0 Å². The van der Waals surface area contributed by atoms with Crippen LogP contribution in [0.3, 0.4) is 0 Å². The van der Waals surface area contributed by atoms with Crippen LogP contribution in [0.15, 0.2) is 21.8 Å². The van der Waals surface area contributed by atoms with E-state index in [1.807, 2.05) is 23.8 Å². The van der Waals surface area contributed by atoms with Crippen molar-refractivity contribution < 1.29 is 9.90 Å². The lowest BCUT2D eigenvalue weighted by molar-refractivity contribution is -0.122. The number of hydrogen-bond donors (Lipinski definition) is 4. The molecule has 2 rings (SSSR count). The molecule has 1 atom stereocenters. The number of guanidine groups is 1. The van der Waals surface area contributed by atoms with Gasteiger partial charge in [0.15, 0.2) is 5.96 Å². The van der Waals surface area contributed by atoms with E-state index in [1.54, 1.807) is 18.3 Å². The summed E-state index contributed by atoms with van der Waals surface area (Å²) in [5.41, 5.74) is -0.110. The number of amides is 1. The summed E-state index contributed by atoms with van der Waals surface area (Å²) in [5.74, 6) is 1.02. The van der Waals surface area contributed by atoms with Crippen LogP contribution in [0.25, 0.3) is 0 Å². The minimum Gasteiger partial charge on any atom is -0.383 e. The van der Waals surface area contributed by atoms with Gasteiger partial charge in [-0.2, -0.15) is 11.3 Å². The summed E-state index contributed by atoms with van der Waals surface area (Å²) < 4.78 is 0. The maximum absolute atomic E-state index is 11.5. The van der Waals surface area contributed by atoms with E-state index in [4.69, 9.17) is 0 Å². The minimum absolute atomic E-state index is 0. The number of aliphatic imine (C=N–C) groups is 1. The lowest BCUT2D eigenvalue weighted by atomic mass is 10.00. The molecule has 4 N–H and O–H groups in total. The predicted molar refractivity (Wildman–Crippen MR) is 109 cm³/mol. The van der Waals surface area contributed by atoms with Crippen LogP contribution in [-0.4, -0.2) is 43.2 Å². The number of thiophene rings is 1. The second-order valence-corrected chi connectivity index (χ2v) is 6.75. The van der Waals surface area contributed by atoms with Gasteiger partial charge in [0, 0.05) is 25.6 Å². The summed E-state index contributed by atoms with van der Waals surface area (Å²) in [6.45, 7) is 5.93. The maximum atomic E-state index is 11.5. The van der Waals surface area contributed by atoms with Gasteiger partial charge in [-0.1, -0.05) is 0 Å². The Hall–Kier alpha value is -0.870. The van der Waals surface area contributed by atoms with Crippen LogP contribution in [0.2, 0.25) is 0 Å². The fraction of sp³-hybridized carbons (Fsp3) is 0.625. The number of aliphatic hydroxyl groups is 1. The molecular formula is C16H27IN4O2S. The van der Waals surface area contributed by atoms with E-state index in [1.165, 1.54) is 0 Å². The van der Waals surface area contributed by atoms with Crippen LogP contribution < -0.4 is 16.0 Å². The Morgan fingerprint density at radius 1 is 1.38 bits per heavy atom. The van der Waals surface area contributed by atoms with Crippen molar-refractivity contribution in [3.8, 4) is 0 Å². The molecule has 1 aliphatic rings. The summed E-state index contributed by atoms with van der Waals surface area (Å²) in [5, 5.41) is 23.6. The van der Waals surface area contributed by atoms with E-state index in [0.29, 0.717) is 19.0 Å². The Morgan fingerprint density at radius 2 is 2.08 bits per heavy atom. The number of halogens is 1.